The van der Waals surface area contributed by atoms with Gasteiger partial charge < -0.3 is 14.7 Å². The molecule has 0 aliphatic carbocycles. The van der Waals surface area contributed by atoms with E-state index in [0.29, 0.717) is 6.54 Å². The van der Waals surface area contributed by atoms with Crippen LogP contribution in [-0.4, -0.2) is 40.6 Å². The number of rotatable bonds is 5. The minimum Gasteiger partial charge on any atom is -0.479 e. The van der Waals surface area contributed by atoms with E-state index in [2.05, 4.69) is 24.3 Å². The Labute approximate surface area is 147 Å². The van der Waals surface area contributed by atoms with Gasteiger partial charge in [0, 0.05) is 6.54 Å². The van der Waals surface area contributed by atoms with Crippen LogP contribution in [0.2, 0.25) is 0 Å². The Hall–Kier alpha value is -2.40. The number of amides is 1. The van der Waals surface area contributed by atoms with Crippen LogP contribution in [0.5, 0.6) is 0 Å². The number of hydrogen-bond donors (Lipinski definition) is 1. The van der Waals surface area contributed by atoms with E-state index < -0.39 is 18.2 Å². The van der Waals surface area contributed by atoms with Gasteiger partial charge in [-0.15, -0.1) is 0 Å². The van der Waals surface area contributed by atoms with E-state index in [9.17, 15) is 9.59 Å². The number of nitrogens with zero attached hydrogens (tertiary/aromatic N) is 1. The molecule has 2 aromatic carbocycles. The van der Waals surface area contributed by atoms with Gasteiger partial charge in [0.2, 0.25) is 0 Å². The Bertz CT molecular complexity index is 783. The quantitative estimate of drug-likeness (QED) is 0.905. The molecule has 0 radical (unpaired) electrons. The third kappa shape index (κ3) is 3.51. The van der Waals surface area contributed by atoms with Crippen molar-refractivity contribution < 1.29 is 19.4 Å². The molecule has 1 N–H and O–H groups in total. The van der Waals surface area contributed by atoms with Crippen molar-refractivity contribution in [3.63, 3.8) is 0 Å². The second-order valence-electron chi connectivity index (χ2n) is 6.52. The molecule has 1 aliphatic heterocycles. The highest BCUT2D eigenvalue weighted by molar-refractivity contribution is 5.87. The summed E-state index contributed by atoms with van der Waals surface area (Å²) in [5.74, 6) is -1.21. The molecule has 1 fully saturated rings. The van der Waals surface area contributed by atoms with Gasteiger partial charge in [-0.3, -0.25) is 4.79 Å². The fourth-order valence-electron chi connectivity index (χ4n) is 3.55. The Morgan fingerprint density at radius 1 is 1.12 bits per heavy atom. The number of likely N-dealkylation sites (tertiary alicyclic amines) is 1. The highest BCUT2D eigenvalue weighted by atomic mass is 16.5. The van der Waals surface area contributed by atoms with Crippen molar-refractivity contribution in [1.29, 1.82) is 0 Å². The van der Waals surface area contributed by atoms with E-state index >= 15 is 0 Å². The summed E-state index contributed by atoms with van der Waals surface area (Å²) in [5.41, 5.74) is 1.14. The molecule has 3 atom stereocenters. The van der Waals surface area contributed by atoms with Gasteiger partial charge in [-0.05, 0) is 43.0 Å². The van der Waals surface area contributed by atoms with Crippen LogP contribution in [0.1, 0.15) is 38.3 Å². The molecular formula is C20H23NO4. The normalized spacial score (nSPS) is 19.8. The van der Waals surface area contributed by atoms with Crippen LogP contribution in [0.25, 0.3) is 10.8 Å². The summed E-state index contributed by atoms with van der Waals surface area (Å²) in [4.78, 5) is 25.6. The van der Waals surface area contributed by atoms with Crippen LogP contribution in [0.4, 0.5) is 0 Å². The highest BCUT2D eigenvalue weighted by Gasteiger charge is 2.34. The molecule has 1 amide bonds. The van der Waals surface area contributed by atoms with Gasteiger partial charge in [0.05, 0.1) is 6.04 Å². The fourth-order valence-corrected chi connectivity index (χ4v) is 3.55. The Balaban J connectivity index is 1.85. The predicted octanol–water partition coefficient (Wildman–Crippen LogP) is 3.38. The van der Waals surface area contributed by atoms with E-state index in [4.69, 9.17) is 9.84 Å². The lowest BCUT2D eigenvalue weighted by atomic mass is 9.97. The largest absolute Gasteiger partial charge is 0.479 e. The minimum absolute atomic E-state index is 0.00443. The lowest BCUT2D eigenvalue weighted by Gasteiger charge is -2.29. The van der Waals surface area contributed by atoms with E-state index in [0.717, 1.165) is 29.2 Å². The number of fused-ring (bicyclic) bond motifs is 1. The zero-order valence-corrected chi connectivity index (χ0v) is 14.5. The monoisotopic (exact) mass is 341 g/mol. The van der Waals surface area contributed by atoms with Crippen LogP contribution in [0, 0.1) is 0 Å². The van der Waals surface area contributed by atoms with Gasteiger partial charge in [-0.25, -0.2) is 4.79 Å². The molecule has 1 saturated heterocycles. The van der Waals surface area contributed by atoms with Crippen LogP contribution in [0.3, 0.4) is 0 Å². The van der Waals surface area contributed by atoms with Gasteiger partial charge in [0.25, 0.3) is 5.91 Å². The molecule has 0 aromatic heterocycles. The van der Waals surface area contributed by atoms with Gasteiger partial charge in [0.15, 0.2) is 6.10 Å². The molecule has 25 heavy (non-hydrogen) atoms. The standard InChI is InChI=1S/C20H23NO4/c1-13(25-14(2)20(23)24)19(22)21-12-6-11-18(21)17-10-5-8-15-7-3-4-9-16(15)17/h3-5,7-10,13-14,18H,6,11-12H2,1-2H3,(H,23,24). The molecule has 0 bridgehead atoms. The summed E-state index contributed by atoms with van der Waals surface area (Å²) in [5, 5.41) is 11.3. The summed E-state index contributed by atoms with van der Waals surface area (Å²) >= 11 is 0. The average Bonchev–Trinajstić information content (AvgIpc) is 3.09. The molecule has 132 valence electrons. The number of hydrogen-bond acceptors (Lipinski definition) is 3. The number of carboxylic acids is 1. The molecule has 2 aromatic rings. The second-order valence-corrected chi connectivity index (χ2v) is 6.52. The fraction of sp³-hybridized carbons (Fsp3) is 0.400. The number of carbonyl (C=O) groups excluding carboxylic acids is 1. The van der Waals surface area contributed by atoms with E-state index in [1.165, 1.54) is 6.92 Å². The zero-order valence-electron chi connectivity index (χ0n) is 14.5. The predicted molar refractivity (Wildman–Crippen MR) is 95.3 cm³/mol. The van der Waals surface area contributed by atoms with Gasteiger partial charge in [0.1, 0.15) is 6.10 Å². The molecular weight excluding hydrogens is 318 g/mol. The third-order valence-corrected chi connectivity index (χ3v) is 4.82. The first-order valence-corrected chi connectivity index (χ1v) is 8.65. The van der Waals surface area contributed by atoms with Crippen molar-refractivity contribution in [2.75, 3.05) is 6.54 Å². The molecule has 0 spiro atoms. The Morgan fingerprint density at radius 2 is 1.84 bits per heavy atom. The number of benzene rings is 2. The van der Waals surface area contributed by atoms with Crippen molar-refractivity contribution in [1.82, 2.24) is 4.90 Å². The van der Waals surface area contributed by atoms with Gasteiger partial charge >= 0.3 is 5.97 Å². The molecule has 0 saturated carbocycles. The number of carboxylic acid groups (broad SMARTS) is 1. The minimum atomic E-state index is -1.06. The maximum absolute atomic E-state index is 12.8. The first-order valence-electron chi connectivity index (χ1n) is 8.65. The van der Waals surface area contributed by atoms with Crippen LogP contribution in [-0.2, 0) is 14.3 Å². The Kier molecular flexibility index (Phi) is 5.04. The van der Waals surface area contributed by atoms with Crippen molar-refractivity contribution in [3.05, 3.63) is 48.0 Å². The van der Waals surface area contributed by atoms with Crippen LogP contribution < -0.4 is 0 Å². The molecule has 5 nitrogen and oxygen atoms in total. The molecule has 3 unspecified atom stereocenters. The first-order chi connectivity index (χ1) is 12.0. The van der Waals surface area contributed by atoms with Gasteiger partial charge in [-0.1, -0.05) is 42.5 Å². The maximum atomic E-state index is 12.8. The summed E-state index contributed by atoms with van der Waals surface area (Å²) in [6, 6.07) is 14.3. The van der Waals surface area contributed by atoms with E-state index in [1.54, 1.807) is 6.92 Å². The highest BCUT2D eigenvalue weighted by Crippen LogP contribution is 2.36. The number of carbonyl (C=O) groups is 2. The lowest BCUT2D eigenvalue weighted by Crippen LogP contribution is -2.41. The maximum Gasteiger partial charge on any atom is 0.332 e. The van der Waals surface area contributed by atoms with Crippen molar-refractivity contribution in [2.24, 2.45) is 0 Å². The Morgan fingerprint density at radius 3 is 2.60 bits per heavy atom. The first kappa shape index (κ1) is 17.4. The molecule has 1 aliphatic rings. The van der Waals surface area contributed by atoms with Crippen molar-refractivity contribution in [3.8, 4) is 0 Å². The van der Waals surface area contributed by atoms with Gasteiger partial charge in [-0.2, -0.15) is 0 Å². The summed E-state index contributed by atoms with van der Waals surface area (Å²) in [7, 11) is 0. The smallest absolute Gasteiger partial charge is 0.332 e. The zero-order chi connectivity index (χ0) is 18.0. The summed E-state index contributed by atoms with van der Waals surface area (Å²) < 4.78 is 5.37. The summed E-state index contributed by atoms with van der Waals surface area (Å²) in [6.07, 6.45) is 0.0566. The number of aliphatic carboxylic acids is 1. The summed E-state index contributed by atoms with van der Waals surface area (Å²) in [6.45, 7) is 3.74. The van der Waals surface area contributed by atoms with E-state index in [1.807, 2.05) is 23.1 Å². The third-order valence-electron chi connectivity index (χ3n) is 4.82. The van der Waals surface area contributed by atoms with Crippen molar-refractivity contribution >= 4 is 22.6 Å². The van der Waals surface area contributed by atoms with Crippen LogP contribution in [0.15, 0.2) is 42.5 Å². The van der Waals surface area contributed by atoms with E-state index in [-0.39, 0.29) is 11.9 Å². The topological polar surface area (TPSA) is 66.8 Å². The molecule has 5 heteroatoms. The van der Waals surface area contributed by atoms with Crippen LogP contribution >= 0.6 is 0 Å². The average molecular weight is 341 g/mol. The SMILES string of the molecule is CC(OC(C)C(=O)N1CCCC1c1cccc2ccccc12)C(=O)O. The number of ether oxygens (including phenoxy) is 1. The lowest BCUT2D eigenvalue weighted by molar-refractivity contribution is -0.159. The molecule has 1 heterocycles. The molecule has 3 rings (SSSR count). The second kappa shape index (κ2) is 7.23. The van der Waals surface area contributed by atoms with Crippen molar-refractivity contribution in [2.45, 2.75) is 44.9 Å².